The highest BCUT2D eigenvalue weighted by molar-refractivity contribution is 9.10. The Morgan fingerprint density at radius 1 is 1.65 bits per heavy atom. The summed E-state index contributed by atoms with van der Waals surface area (Å²) >= 11 is 5.32. The molecule has 0 bridgehead atoms. The highest BCUT2D eigenvalue weighted by Gasteiger charge is 2.22. The number of anilines is 1. The summed E-state index contributed by atoms with van der Waals surface area (Å²) in [5, 5.41) is 8.35. The average Bonchev–Trinajstić information content (AvgIpc) is 2.47. The first kappa shape index (κ1) is 15.6. The van der Waals surface area contributed by atoms with Crippen LogP contribution in [0, 0.1) is 0 Å². The van der Waals surface area contributed by atoms with E-state index in [2.05, 4.69) is 39.2 Å². The third kappa shape index (κ3) is 3.67. The highest BCUT2D eigenvalue weighted by Crippen LogP contribution is 2.29. The zero-order valence-corrected chi connectivity index (χ0v) is 14.0. The third-order valence-electron chi connectivity index (χ3n) is 3.61. The van der Waals surface area contributed by atoms with Gasteiger partial charge in [0.1, 0.15) is 4.47 Å². The van der Waals surface area contributed by atoms with Crippen LogP contribution in [-0.2, 0) is 6.54 Å². The van der Waals surface area contributed by atoms with E-state index in [1.807, 2.05) is 11.8 Å². The number of nitrogens with zero attached hydrogens (tertiary/aromatic N) is 2. The van der Waals surface area contributed by atoms with Gasteiger partial charge < -0.3 is 5.32 Å². The lowest BCUT2D eigenvalue weighted by molar-refractivity contribution is 0.473. The maximum absolute atomic E-state index is 12.1. The molecule has 1 aliphatic rings. The number of hydrogen-bond acceptors (Lipinski definition) is 4. The molecule has 20 heavy (non-hydrogen) atoms. The SMILES string of the molecule is C=CCn1ncc(NC2CCCC(SC)C2)c(Br)c1=O. The Hall–Kier alpha value is -0.750. The number of aromatic nitrogens is 2. The maximum atomic E-state index is 12.1. The first-order valence-corrected chi connectivity index (χ1v) is 8.89. The molecule has 0 saturated heterocycles. The van der Waals surface area contributed by atoms with Gasteiger partial charge in [-0.25, -0.2) is 4.68 Å². The summed E-state index contributed by atoms with van der Waals surface area (Å²) in [6.07, 6.45) is 10.4. The van der Waals surface area contributed by atoms with Gasteiger partial charge in [0.2, 0.25) is 0 Å². The predicted molar refractivity (Wildman–Crippen MR) is 89.6 cm³/mol. The summed E-state index contributed by atoms with van der Waals surface area (Å²) in [4.78, 5) is 12.1. The molecule has 2 rings (SSSR count). The zero-order valence-electron chi connectivity index (χ0n) is 11.6. The lowest BCUT2D eigenvalue weighted by atomic mass is 9.95. The summed E-state index contributed by atoms with van der Waals surface area (Å²) in [5.41, 5.74) is 0.675. The lowest BCUT2D eigenvalue weighted by Crippen LogP contribution is -2.30. The molecule has 6 heteroatoms. The molecule has 4 nitrogen and oxygen atoms in total. The van der Waals surface area contributed by atoms with Crippen LogP contribution in [0.25, 0.3) is 0 Å². The van der Waals surface area contributed by atoms with Gasteiger partial charge in [-0.3, -0.25) is 4.79 Å². The molecular formula is C14H20BrN3OS. The van der Waals surface area contributed by atoms with Crippen molar-refractivity contribution in [3.05, 3.63) is 33.7 Å². The number of nitrogens with one attached hydrogen (secondary N) is 1. The molecule has 0 spiro atoms. The van der Waals surface area contributed by atoms with Gasteiger partial charge in [0.25, 0.3) is 5.56 Å². The van der Waals surface area contributed by atoms with Crippen LogP contribution in [0.3, 0.4) is 0 Å². The highest BCUT2D eigenvalue weighted by atomic mass is 79.9. The van der Waals surface area contributed by atoms with Crippen molar-refractivity contribution in [3.8, 4) is 0 Å². The van der Waals surface area contributed by atoms with Crippen LogP contribution >= 0.6 is 27.7 Å². The molecular weight excluding hydrogens is 338 g/mol. The van der Waals surface area contributed by atoms with E-state index in [9.17, 15) is 4.79 Å². The van der Waals surface area contributed by atoms with Crippen LogP contribution in [0.1, 0.15) is 25.7 Å². The van der Waals surface area contributed by atoms with Crippen LogP contribution in [0.4, 0.5) is 5.69 Å². The summed E-state index contributed by atoms with van der Waals surface area (Å²) in [6.45, 7) is 4.05. The van der Waals surface area contributed by atoms with Crippen LogP contribution < -0.4 is 10.9 Å². The van der Waals surface area contributed by atoms with E-state index in [1.54, 1.807) is 12.3 Å². The smallest absolute Gasteiger partial charge is 0.283 e. The second kappa shape index (κ2) is 7.31. The molecule has 2 atom stereocenters. The Labute approximate surface area is 132 Å². The largest absolute Gasteiger partial charge is 0.380 e. The van der Waals surface area contributed by atoms with Crippen molar-refractivity contribution >= 4 is 33.4 Å². The van der Waals surface area contributed by atoms with Crippen LogP contribution in [0.2, 0.25) is 0 Å². The molecule has 1 aromatic heterocycles. The van der Waals surface area contributed by atoms with Crippen LogP contribution in [-0.4, -0.2) is 27.3 Å². The molecule has 0 amide bonds. The Kier molecular flexibility index (Phi) is 5.72. The van der Waals surface area contributed by atoms with Gasteiger partial charge in [-0.15, -0.1) is 6.58 Å². The maximum Gasteiger partial charge on any atom is 0.283 e. The zero-order chi connectivity index (χ0) is 14.5. The quantitative estimate of drug-likeness (QED) is 0.821. The summed E-state index contributed by atoms with van der Waals surface area (Å²) in [7, 11) is 0. The van der Waals surface area contributed by atoms with Crippen LogP contribution in [0.5, 0.6) is 0 Å². The fraction of sp³-hybridized carbons (Fsp3) is 0.571. The van der Waals surface area contributed by atoms with E-state index in [0.717, 1.165) is 18.5 Å². The number of thioether (sulfide) groups is 1. The molecule has 1 aromatic rings. The van der Waals surface area contributed by atoms with Gasteiger partial charge >= 0.3 is 0 Å². The van der Waals surface area contributed by atoms with Crippen molar-refractivity contribution < 1.29 is 0 Å². The van der Waals surface area contributed by atoms with E-state index < -0.39 is 0 Å². The van der Waals surface area contributed by atoms with Gasteiger partial charge in [0.05, 0.1) is 18.4 Å². The Bertz CT molecular complexity index is 532. The normalized spacial score (nSPS) is 22.5. The molecule has 1 heterocycles. The second-order valence-electron chi connectivity index (χ2n) is 5.01. The monoisotopic (exact) mass is 357 g/mol. The van der Waals surface area contributed by atoms with Crippen molar-refractivity contribution in [3.63, 3.8) is 0 Å². The predicted octanol–water partition coefficient (Wildman–Crippen LogP) is 3.28. The number of hydrogen-bond donors (Lipinski definition) is 1. The summed E-state index contributed by atoms with van der Waals surface area (Å²) in [5.74, 6) is 0. The minimum atomic E-state index is -0.118. The Morgan fingerprint density at radius 3 is 3.15 bits per heavy atom. The van der Waals surface area contributed by atoms with Gasteiger partial charge in [0.15, 0.2) is 0 Å². The lowest BCUT2D eigenvalue weighted by Gasteiger charge is -2.29. The first-order valence-electron chi connectivity index (χ1n) is 6.81. The molecule has 2 unspecified atom stereocenters. The second-order valence-corrected chi connectivity index (χ2v) is 6.94. The molecule has 0 aromatic carbocycles. The minimum absolute atomic E-state index is 0.118. The molecule has 1 N–H and O–H groups in total. The Morgan fingerprint density at radius 2 is 2.45 bits per heavy atom. The first-order chi connectivity index (χ1) is 9.65. The summed E-state index contributed by atoms with van der Waals surface area (Å²) in [6, 6.07) is 0.425. The third-order valence-corrected chi connectivity index (χ3v) is 5.47. The standard InChI is InChI=1S/C14H20BrN3OS/c1-3-7-18-14(19)13(15)12(9-16-18)17-10-5-4-6-11(8-10)20-2/h3,9-11,17H,1,4-8H2,2H3. The molecule has 0 radical (unpaired) electrons. The van der Waals surface area contributed by atoms with Crippen molar-refractivity contribution in [2.45, 2.75) is 43.5 Å². The topological polar surface area (TPSA) is 46.9 Å². The van der Waals surface area contributed by atoms with Crippen molar-refractivity contribution in [2.24, 2.45) is 0 Å². The van der Waals surface area contributed by atoms with E-state index in [-0.39, 0.29) is 5.56 Å². The number of allylic oxidation sites excluding steroid dienone is 1. The summed E-state index contributed by atoms with van der Waals surface area (Å²) < 4.78 is 1.95. The van der Waals surface area contributed by atoms with Crippen molar-refractivity contribution in [2.75, 3.05) is 11.6 Å². The van der Waals surface area contributed by atoms with Gasteiger partial charge in [-0.05, 0) is 41.4 Å². The minimum Gasteiger partial charge on any atom is -0.380 e. The van der Waals surface area contributed by atoms with Crippen molar-refractivity contribution in [1.29, 1.82) is 0 Å². The average molecular weight is 358 g/mol. The fourth-order valence-electron chi connectivity index (χ4n) is 2.53. The molecule has 1 aliphatic carbocycles. The number of halogens is 1. The molecule has 0 aliphatic heterocycles. The van der Waals surface area contributed by atoms with E-state index >= 15 is 0 Å². The van der Waals surface area contributed by atoms with Gasteiger partial charge in [0, 0.05) is 11.3 Å². The van der Waals surface area contributed by atoms with Crippen LogP contribution in [0.15, 0.2) is 28.1 Å². The van der Waals surface area contributed by atoms with Crippen molar-refractivity contribution in [1.82, 2.24) is 9.78 Å². The molecule has 1 saturated carbocycles. The number of rotatable bonds is 5. The van der Waals surface area contributed by atoms with E-state index in [4.69, 9.17) is 0 Å². The molecule has 1 fully saturated rings. The van der Waals surface area contributed by atoms with E-state index in [0.29, 0.717) is 22.3 Å². The molecule has 110 valence electrons. The Balaban J connectivity index is 2.11. The van der Waals surface area contributed by atoms with Gasteiger partial charge in [-0.2, -0.15) is 16.9 Å². The van der Waals surface area contributed by atoms with E-state index in [1.165, 1.54) is 17.5 Å². The fourth-order valence-corrected chi connectivity index (χ4v) is 3.78. The van der Waals surface area contributed by atoms with Gasteiger partial charge in [-0.1, -0.05) is 12.5 Å².